The summed E-state index contributed by atoms with van der Waals surface area (Å²) in [6, 6.07) is 9.50. The van der Waals surface area contributed by atoms with Crippen molar-refractivity contribution in [3.8, 4) is 28.5 Å². The van der Waals surface area contributed by atoms with Gasteiger partial charge in [-0.05, 0) is 58.5 Å². The van der Waals surface area contributed by atoms with E-state index in [-0.39, 0.29) is 6.42 Å². The van der Waals surface area contributed by atoms with Crippen molar-refractivity contribution in [1.82, 2.24) is 4.98 Å². The van der Waals surface area contributed by atoms with E-state index in [9.17, 15) is 9.90 Å². The molecule has 7 heteroatoms. The van der Waals surface area contributed by atoms with E-state index in [4.69, 9.17) is 14.2 Å². The van der Waals surface area contributed by atoms with E-state index in [0.717, 1.165) is 14.5 Å². The molecule has 6 nitrogen and oxygen atoms in total. The lowest BCUT2D eigenvalue weighted by molar-refractivity contribution is -0.136. The Morgan fingerprint density at radius 3 is 2.42 bits per heavy atom. The Morgan fingerprint density at radius 1 is 1.08 bits per heavy atom. The molecule has 3 aromatic rings. The van der Waals surface area contributed by atoms with E-state index in [2.05, 4.69) is 27.6 Å². The average Bonchev–Trinajstić information content (AvgIpc) is 2.97. The molecule has 3 rings (SSSR count). The maximum Gasteiger partial charge on any atom is 0.307 e. The molecule has 0 saturated heterocycles. The van der Waals surface area contributed by atoms with Crippen LogP contribution in [0.1, 0.15) is 5.56 Å². The van der Waals surface area contributed by atoms with Gasteiger partial charge in [-0.25, -0.2) is 0 Å². The first-order chi connectivity index (χ1) is 12.5. The smallest absolute Gasteiger partial charge is 0.307 e. The van der Waals surface area contributed by atoms with Crippen LogP contribution >= 0.6 is 22.6 Å². The molecule has 0 aliphatic heterocycles. The number of aliphatic carboxylic acids is 1. The summed E-state index contributed by atoms with van der Waals surface area (Å²) in [6.07, 6.45) is -0.104. The van der Waals surface area contributed by atoms with Crippen molar-refractivity contribution in [2.45, 2.75) is 6.42 Å². The van der Waals surface area contributed by atoms with Gasteiger partial charge in [0.25, 0.3) is 0 Å². The standard InChI is InChI=1S/C19H18INO5/c1-24-15-7-5-11(18(25-2)19(15)26-3)17-13(9-16(22)23)12-8-10(20)4-6-14(12)21-17/h4-8,21H,9H2,1-3H3,(H,22,23). The zero-order valence-corrected chi connectivity index (χ0v) is 16.7. The van der Waals surface area contributed by atoms with Gasteiger partial charge in [-0.15, -0.1) is 0 Å². The number of fused-ring (bicyclic) bond motifs is 1. The van der Waals surface area contributed by atoms with E-state index >= 15 is 0 Å². The number of carboxylic acid groups (broad SMARTS) is 1. The van der Waals surface area contributed by atoms with Crippen molar-refractivity contribution in [1.29, 1.82) is 0 Å². The van der Waals surface area contributed by atoms with Gasteiger partial charge in [-0.3, -0.25) is 4.79 Å². The summed E-state index contributed by atoms with van der Waals surface area (Å²) in [5, 5.41) is 10.3. The Bertz CT molecular complexity index is 980. The SMILES string of the molecule is COc1ccc(-c2[nH]c3ccc(I)cc3c2CC(=O)O)c(OC)c1OC. The maximum atomic E-state index is 11.5. The molecule has 0 aliphatic rings. The number of carbonyl (C=O) groups is 1. The highest BCUT2D eigenvalue weighted by Crippen LogP contribution is 2.46. The number of methoxy groups -OCH3 is 3. The van der Waals surface area contributed by atoms with Gasteiger partial charge >= 0.3 is 5.97 Å². The van der Waals surface area contributed by atoms with Gasteiger partial charge in [0.05, 0.1) is 33.4 Å². The van der Waals surface area contributed by atoms with Gasteiger partial charge < -0.3 is 24.3 Å². The fourth-order valence-electron chi connectivity index (χ4n) is 3.08. The summed E-state index contributed by atoms with van der Waals surface area (Å²) < 4.78 is 17.4. The zero-order valence-electron chi connectivity index (χ0n) is 14.6. The highest BCUT2D eigenvalue weighted by Gasteiger charge is 2.23. The van der Waals surface area contributed by atoms with Gasteiger partial charge in [0.1, 0.15) is 0 Å². The number of halogens is 1. The van der Waals surface area contributed by atoms with Crippen LogP contribution in [0.4, 0.5) is 0 Å². The second-order valence-electron chi connectivity index (χ2n) is 5.62. The number of H-pyrrole nitrogens is 1. The summed E-state index contributed by atoms with van der Waals surface area (Å²) in [5.41, 5.74) is 2.99. The fraction of sp³-hybridized carbons (Fsp3) is 0.211. The van der Waals surface area contributed by atoms with E-state index < -0.39 is 5.97 Å². The highest BCUT2D eigenvalue weighted by atomic mass is 127. The molecule has 0 spiro atoms. The first-order valence-corrected chi connectivity index (χ1v) is 8.89. The predicted molar refractivity (Wildman–Crippen MR) is 107 cm³/mol. The van der Waals surface area contributed by atoms with Crippen molar-refractivity contribution in [3.05, 3.63) is 39.5 Å². The minimum atomic E-state index is -0.898. The molecule has 2 N–H and O–H groups in total. The number of ether oxygens (including phenoxy) is 3. The molecule has 0 bridgehead atoms. The molecule has 0 aliphatic carbocycles. The molecule has 0 radical (unpaired) electrons. The molecular formula is C19H18INO5. The summed E-state index contributed by atoms with van der Waals surface area (Å²) in [4.78, 5) is 14.8. The lowest BCUT2D eigenvalue weighted by Gasteiger charge is -2.16. The first kappa shape index (κ1) is 18.4. The van der Waals surface area contributed by atoms with Crippen molar-refractivity contribution < 1.29 is 24.1 Å². The predicted octanol–water partition coefficient (Wildman–Crippen LogP) is 4.09. The van der Waals surface area contributed by atoms with E-state index in [1.807, 2.05) is 24.3 Å². The average molecular weight is 467 g/mol. The Hall–Kier alpha value is -2.42. The number of carboxylic acids is 1. The molecule has 26 heavy (non-hydrogen) atoms. The van der Waals surface area contributed by atoms with Gasteiger partial charge in [-0.2, -0.15) is 0 Å². The molecule has 2 aromatic carbocycles. The van der Waals surface area contributed by atoms with Crippen LogP contribution in [0.15, 0.2) is 30.3 Å². The fourth-order valence-corrected chi connectivity index (χ4v) is 3.57. The monoisotopic (exact) mass is 467 g/mol. The van der Waals surface area contributed by atoms with Crippen LogP contribution in [-0.4, -0.2) is 37.4 Å². The molecule has 0 fully saturated rings. The van der Waals surface area contributed by atoms with E-state index in [0.29, 0.717) is 34.1 Å². The Labute approximate surface area is 164 Å². The van der Waals surface area contributed by atoms with Crippen LogP contribution in [0, 0.1) is 3.57 Å². The maximum absolute atomic E-state index is 11.5. The number of nitrogens with one attached hydrogen (secondary N) is 1. The largest absolute Gasteiger partial charge is 0.493 e. The molecule has 0 atom stereocenters. The lowest BCUT2D eigenvalue weighted by Crippen LogP contribution is -2.02. The van der Waals surface area contributed by atoms with E-state index in [1.165, 1.54) is 7.11 Å². The van der Waals surface area contributed by atoms with Crippen LogP contribution in [0.25, 0.3) is 22.2 Å². The Balaban J connectivity index is 2.33. The molecule has 1 aromatic heterocycles. The normalized spacial score (nSPS) is 10.8. The minimum Gasteiger partial charge on any atom is -0.493 e. The highest BCUT2D eigenvalue weighted by molar-refractivity contribution is 14.1. The van der Waals surface area contributed by atoms with Crippen LogP contribution in [-0.2, 0) is 11.2 Å². The quantitative estimate of drug-likeness (QED) is 0.534. The van der Waals surface area contributed by atoms with Gasteiger partial charge in [0.15, 0.2) is 11.5 Å². The number of benzene rings is 2. The minimum absolute atomic E-state index is 0.104. The van der Waals surface area contributed by atoms with Gasteiger partial charge in [-0.1, -0.05) is 0 Å². The van der Waals surface area contributed by atoms with Crippen LogP contribution < -0.4 is 14.2 Å². The molecular weight excluding hydrogens is 449 g/mol. The number of aromatic nitrogens is 1. The van der Waals surface area contributed by atoms with Gasteiger partial charge in [0, 0.05) is 20.0 Å². The molecule has 1 heterocycles. The van der Waals surface area contributed by atoms with Crippen molar-refractivity contribution in [2.75, 3.05) is 21.3 Å². The van der Waals surface area contributed by atoms with Crippen LogP contribution in [0.5, 0.6) is 17.2 Å². The van der Waals surface area contributed by atoms with Crippen LogP contribution in [0.2, 0.25) is 0 Å². The van der Waals surface area contributed by atoms with Crippen molar-refractivity contribution in [2.24, 2.45) is 0 Å². The molecule has 0 unspecified atom stereocenters. The number of hydrogen-bond acceptors (Lipinski definition) is 4. The summed E-state index contributed by atoms with van der Waals surface area (Å²) in [6.45, 7) is 0. The van der Waals surface area contributed by atoms with Gasteiger partial charge in [0.2, 0.25) is 5.75 Å². The second kappa shape index (κ2) is 7.45. The second-order valence-corrected chi connectivity index (χ2v) is 6.87. The van der Waals surface area contributed by atoms with E-state index in [1.54, 1.807) is 20.3 Å². The third kappa shape index (κ3) is 3.18. The number of rotatable bonds is 6. The molecule has 0 saturated carbocycles. The molecule has 136 valence electrons. The van der Waals surface area contributed by atoms with Crippen molar-refractivity contribution in [3.63, 3.8) is 0 Å². The van der Waals surface area contributed by atoms with Crippen LogP contribution in [0.3, 0.4) is 0 Å². The summed E-state index contributed by atoms with van der Waals surface area (Å²) in [7, 11) is 4.64. The summed E-state index contributed by atoms with van der Waals surface area (Å²) in [5.74, 6) is 0.589. The number of aromatic amines is 1. The van der Waals surface area contributed by atoms with Crippen molar-refractivity contribution >= 4 is 39.5 Å². The zero-order chi connectivity index (χ0) is 18.8. The third-order valence-corrected chi connectivity index (χ3v) is 4.84. The summed E-state index contributed by atoms with van der Waals surface area (Å²) >= 11 is 2.21. The Kier molecular flexibility index (Phi) is 5.26. The number of hydrogen-bond donors (Lipinski definition) is 2. The third-order valence-electron chi connectivity index (χ3n) is 4.17. The lowest BCUT2D eigenvalue weighted by atomic mass is 10.0. The Morgan fingerprint density at radius 2 is 1.81 bits per heavy atom. The topological polar surface area (TPSA) is 80.8 Å². The first-order valence-electron chi connectivity index (χ1n) is 7.81. The molecule has 0 amide bonds.